The molecule has 5 nitrogen and oxygen atoms in total. The highest BCUT2D eigenvalue weighted by Gasteiger charge is 2.76. The predicted molar refractivity (Wildman–Crippen MR) is 64.7 cm³/mol. The van der Waals surface area contributed by atoms with Crippen LogP contribution in [-0.4, -0.2) is 48.2 Å². The van der Waals surface area contributed by atoms with E-state index in [4.69, 9.17) is 5.11 Å². The van der Waals surface area contributed by atoms with E-state index in [1.54, 1.807) is 0 Å². The van der Waals surface area contributed by atoms with Crippen molar-refractivity contribution >= 4 is 11.9 Å². The minimum Gasteiger partial charge on any atom is -0.459 e. The van der Waals surface area contributed by atoms with Crippen molar-refractivity contribution in [1.82, 2.24) is 0 Å². The largest absolute Gasteiger partial charge is 0.459 e. The maximum Gasteiger partial charge on any atom is 0.437 e. The molecule has 0 aliphatic carbocycles. The lowest BCUT2D eigenvalue weighted by molar-refractivity contribution is -0.357. The van der Waals surface area contributed by atoms with Crippen molar-refractivity contribution in [2.75, 3.05) is 13.2 Å². The summed E-state index contributed by atoms with van der Waals surface area (Å²) in [7, 11) is 0. The molecule has 0 aromatic heterocycles. The van der Waals surface area contributed by atoms with Crippen molar-refractivity contribution < 1.29 is 54.9 Å². The Kier molecular flexibility index (Phi) is 6.00. The molecule has 12 heteroatoms. The fraction of sp³-hybridized carbons (Fsp3) is 0.385. The number of carbonyl (C=O) groups is 2. The van der Waals surface area contributed by atoms with E-state index < -0.39 is 54.5 Å². The minimum absolute atomic E-state index is 0.545. The first-order valence-corrected chi connectivity index (χ1v) is 6.27. The van der Waals surface area contributed by atoms with Gasteiger partial charge in [0, 0.05) is 0 Å². The average Bonchev–Trinajstić information content (AvgIpc) is 2.48. The first-order chi connectivity index (χ1) is 11.3. The average molecular weight is 378 g/mol. The molecule has 0 aliphatic rings. The van der Waals surface area contributed by atoms with Crippen LogP contribution in [-0.2, 0) is 14.3 Å². The van der Waals surface area contributed by atoms with Crippen LogP contribution in [0.2, 0.25) is 0 Å². The van der Waals surface area contributed by atoms with Crippen LogP contribution in [0, 0.1) is 5.82 Å². The Labute approximate surface area is 134 Å². The van der Waals surface area contributed by atoms with Crippen LogP contribution < -0.4 is 0 Å². The SMILES string of the molecule is O=C(OCCOC(=O)C(O)(C(F)(F)F)C(F)(F)F)c1ccccc1F. The van der Waals surface area contributed by atoms with Gasteiger partial charge in [0.1, 0.15) is 19.0 Å². The van der Waals surface area contributed by atoms with Crippen molar-refractivity contribution in [2.24, 2.45) is 0 Å². The van der Waals surface area contributed by atoms with E-state index in [1.807, 2.05) is 0 Å². The summed E-state index contributed by atoms with van der Waals surface area (Å²) in [4.78, 5) is 22.4. The molecule has 0 bridgehead atoms. The van der Waals surface area contributed by atoms with Gasteiger partial charge in [-0.05, 0) is 12.1 Å². The highest BCUT2D eigenvalue weighted by molar-refractivity contribution is 5.89. The molecule has 0 fully saturated rings. The van der Waals surface area contributed by atoms with E-state index in [1.165, 1.54) is 12.1 Å². The Balaban J connectivity index is 2.65. The van der Waals surface area contributed by atoms with Gasteiger partial charge < -0.3 is 14.6 Å². The fourth-order valence-electron chi connectivity index (χ4n) is 1.47. The summed E-state index contributed by atoms with van der Waals surface area (Å²) in [5.41, 5.74) is -6.27. The molecule has 0 amide bonds. The van der Waals surface area contributed by atoms with Gasteiger partial charge in [-0.3, -0.25) is 0 Å². The standard InChI is InChI=1S/C13H9F7O5/c14-8-4-2-1-3-7(8)9(21)24-5-6-25-10(22)11(23,12(15,16)17)13(18,19)20/h1-4,23H,5-6H2. The maximum atomic E-state index is 13.2. The molecule has 0 heterocycles. The third-order valence-corrected chi connectivity index (χ3v) is 2.76. The second-order valence-corrected chi connectivity index (χ2v) is 4.46. The molecule has 140 valence electrons. The fourth-order valence-corrected chi connectivity index (χ4v) is 1.47. The van der Waals surface area contributed by atoms with E-state index in [2.05, 4.69) is 9.47 Å². The molecule has 1 aromatic rings. The van der Waals surface area contributed by atoms with Crippen LogP contribution in [0.1, 0.15) is 10.4 Å². The van der Waals surface area contributed by atoms with E-state index in [9.17, 15) is 40.3 Å². The van der Waals surface area contributed by atoms with Gasteiger partial charge in [0.25, 0.3) is 0 Å². The van der Waals surface area contributed by atoms with Gasteiger partial charge >= 0.3 is 29.9 Å². The Hall–Kier alpha value is -2.37. The quantitative estimate of drug-likeness (QED) is 0.484. The van der Waals surface area contributed by atoms with E-state index >= 15 is 0 Å². The highest BCUT2D eigenvalue weighted by atomic mass is 19.4. The molecule has 0 atom stereocenters. The first kappa shape index (κ1) is 20.7. The third-order valence-electron chi connectivity index (χ3n) is 2.76. The van der Waals surface area contributed by atoms with Gasteiger partial charge in [-0.1, -0.05) is 12.1 Å². The Morgan fingerprint density at radius 2 is 1.40 bits per heavy atom. The number of aliphatic hydroxyl groups is 1. The molecule has 25 heavy (non-hydrogen) atoms. The lowest BCUT2D eigenvalue weighted by Crippen LogP contribution is -2.63. The molecule has 1 aromatic carbocycles. The van der Waals surface area contributed by atoms with Crippen LogP contribution in [0.25, 0.3) is 0 Å². The second-order valence-electron chi connectivity index (χ2n) is 4.46. The van der Waals surface area contributed by atoms with Crippen LogP contribution in [0.5, 0.6) is 0 Å². The summed E-state index contributed by atoms with van der Waals surface area (Å²) in [5, 5.41) is 8.69. The van der Waals surface area contributed by atoms with Crippen molar-refractivity contribution in [3.63, 3.8) is 0 Å². The Morgan fingerprint density at radius 1 is 0.920 bits per heavy atom. The Morgan fingerprint density at radius 3 is 1.88 bits per heavy atom. The monoisotopic (exact) mass is 378 g/mol. The molecule has 0 spiro atoms. The normalized spacial score (nSPS) is 12.6. The van der Waals surface area contributed by atoms with Crippen molar-refractivity contribution in [1.29, 1.82) is 0 Å². The molecule has 0 saturated heterocycles. The van der Waals surface area contributed by atoms with Crippen LogP contribution in [0.15, 0.2) is 24.3 Å². The first-order valence-electron chi connectivity index (χ1n) is 6.27. The van der Waals surface area contributed by atoms with E-state index in [-0.39, 0.29) is 0 Å². The molecular formula is C13H9F7O5. The van der Waals surface area contributed by atoms with Crippen molar-refractivity contribution in [2.45, 2.75) is 18.0 Å². The van der Waals surface area contributed by atoms with Gasteiger partial charge in [-0.15, -0.1) is 0 Å². The zero-order valence-electron chi connectivity index (χ0n) is 11.9. The smallest absolute Gasteiger partial charge is 0.437 e. The molecule has 0 radical (unpaired) electrons. The molecule has 0 aliphatic heterocycles. The van der Waals surface area contributed by atoms with Crippen LogP contribution >= 0.6 is 0 Å². The molecule has 1 rings (SSSR count). The van der Waals surface area contributed by atoms with Crippen LogP contribution in [0.4, 0.5) is 30.7 Å². The lowest BCUT2D eigenvalue weighted by atomic mass is 10.0. The topological polar surface area (TPSA) is 72.8 Å². The van der Waals surface area contributed by atoms with Crippen LogP contribution in [0.3, 0.4) is 0 Å². The van der Waals surface area contributed by atoms with Gasteiger partial charge in [0.2, 0.25) is 0 Å². The zero-order chi connectivity index (χ0) is 19.5. The number of benzene rings is 1. The van der Waals surface area contributed by atoms with E-state index in [0.29, 0.717) is 0 Å². The van der Waals surface area contributed by atoms with E-state index in [0.717, 1.165) is 12.1 Å². The molecule has 0 unspecified atom stereocenters. The van der Waals surface area contributed by atoms with Crippen molar-refractivity contribution in [3.8, 4) is 0 Å². The predicted octanol–water partition coefficient (Wildman–Crippen LogP) is 2.38. The van der Waals surface area contributed by atoms with Gasteiger partial charge in [-0.2, -0.15) is 26.3 Å². The summed E-state index contributed by atoms with van der Waals surface area (Å²) < 4.78 is 95.4. The highest BCUT2D eigenvalue weighted by Crippen LogP contribution is 2.43. The zero-order valence-corrected chi connectivity index (χ0v) is 11.9. The molecule has 1 N–H and O–H groups in total. The minimum atomic E-state index is -6.38. The maximum absolute atomic E-state index is 13.2. The second kappa shape index (κ2) is 7.25. The number of hydrogen-bond donors (Lipinski definition) is 1. The lowest BCUT2D eigenvalue weighted by Gasteiger charge is -2.29. The summed E-state index contributed by atoms with van der Waals surface area (Å²) in [6, 6.07) is 4.44. The summed E-state index contributed by atoms with van der Waals surface area (Å²) in [6.07, 6.45) is -12.8. The number of ether oxygens (including phenoxy) is 2. The number of rotatable bonds is 5. The number of alkyl halides is 6. The molecular weight excluding hydrogens is 369 g/mol. The number of halogens is 7. The van der Waals surface area contributed by atoms with Gasteiger partial charge in [0.15, 0.2) is 0 Å². The number of hydrogen-bond acceptors (Lipinski definition) is 5. The summed E-state index contributed by atoms with van der Waals surface area (Å²) in [6.45, 7) is -2.20. The van der Waals surface area contributed by atoms with Gasteiger partial charge in [0.05, 0.1) is 5.56 Å². The third kappa shape index (κ3) is 4.38. The Bertz CT molecular complexity index is 624. The molecule has 0 saturated carbocycles. The number of carbonyl (C=O) groups excluding carboxylic acids is 2. The number of esters is 2. The van der Waals surface area contributed by atoms with Gasteiger partial charge in [-0.25, -0.2) is 14.0 Å². The summed E-state index contributed by atoms with van der Waals surface area (Å²) >= 11 is 0. The van der Waals surface area contributed by atoms with Crippen molar-refractivity contribution in [3.05, 3.63) is 35.6 Å². The summed E-state index contributed by atoms with van der Waals surface area (Å²) in [5.74, 6) is -5.29.